The third-order valence-corrected chi connectivity index (χ3v) is 2.90. The van der Waals surface area contributed by atoms with Crippen LogP contribution in [0.2, 0.25) is 0 Å². The first-order chi connectivity index (χ1) is 9.15. The van der Waals surface area contributed by atoms with Crippen molar-refractivity contribution in [2.45, 2.75) is 6.92 Å². The molecule has 0 unspecified atom stereocenters. The zero-order valence-corrected chi connectivity index (χ0v) is 10.3. The van der Waals surface area contributed by atoms with E-state index in [2.05, 4.69) is 9.97 Å². The first-order valence-corrected chi connectivity index (χ1v) is 5.85. The van der Waals surface area contributed by atoms with Gasteiger partial charge in [-0.2, -0.15) is 0 Å². The van der Waals surface area contributed by atoms with Gasteiger partial charge in [0.15, 0.2) is 17.2 Å². The molecule has 0 fully saturated rings. The molecule has 0 aliphatic carbocycles. The van der Waals surface area contributed by atoms with Gasteiger partial charge in [0.1, 0.15) is 19.0 Å². The monoisotopic (exact) mass is 260 g/mol. The van der Waals surface area contributed by atoms with E-state index in [0.717, 1.165) is 5.56 Å². The molecule has 0 radical (unpaired) electrons. The number of aromatic carboxylic acids is 1. The number of H-pyrrole nitrogens is 1. The lowest BCUT2D eigenvalue weighted by molar-refractivity contribution is 0.0690. The highest BCUT2D eigenvalue weighted by molar-refractivity contribution is 5.87. The van der Waals surface area contributed by atoms with Crippen molar-refractivity contribution >= 4 is 5.97 Å². The molecule has 6 nitrogen and oxygen atoms in total. The van der Waals surface area contributed by atoms with E-state index in [4.69, 9.17) is 14.6 Å². The Kier molecular flexibility index (Phi) is 2.63. The Morgan fingerprint density at radius 2 is 2.05 bits per heavy atom. The highest BCUT2D eigenvalue weighted by Crippen LogP contribution is 2.33. The molecule has 1 aromatic carbocycles. The maximum Gasteiger partial charge on any atom is 0.356 e. The second-order valence-electron chi connectivity index (χ2n) is 4.22. The van der Waals surface area contributed by atoms with Crippen LogP contribution in [0.5, 0.6) is 11.5 Å². The summed E-state index contributed by atoms with van der Waals surface area (Å²) < 4.78 is 10.9. The lowest BCUT2D eigenvalue weighted by Gasteiger charge is -2.18. The smallest absolute Gasteiger partial charge is 0.356 e. The number of benzene rings is 1. The van der Waals surface area contributed by atoms with Crippen molar-refractivity contribution in [2.24, 2.45) is 0 Å². The van der Waals surface area contributed by atoms with E-state index in [-0.39, 0.29) is 5.69 Å². The van der Waals surface area contributed by atoms with Gasteiger partial charge < -0.3 is 19.6 Å². The Labute approximate surface area is 109 Å². The average molecular weight is 260 g/mol. The van der Waals surface area contributed by atoms with Crippen LogP contribution >= 0.6 is 0 Å². The highest BCUT2D eigenvalue weighted by atomic mass is 16.6. The number of nitrogens with zero attached hydrogens (tertiary/aromatic N) is 1. The minimum Gasteiger partial charge on any atom is -0.486 e. The maximum atomic E-state index is 11.0. The molecule has 98 valence electrons. The van der Waals surface area contributed by atoms with Crippen molar-refractivity contribution in [3.8, 4) is 22.9 Å². The Hall–Kier alpha value is -2.50. The molecule has 0 saturated heterocycles. The average Bonchev–Trinajstić information content (AvgIpc) is 2.80. The minimum absolute atomic E-state index is 0.0323. The minimum atomic E-state index is -1.04. The summed E-state index contributed by atoms with van der Waals surface area (Å²) >= 11 is 0. The Morgan fingerprint density at radius 1 is 1.32 bits per heavy atom. The van der Waals surface area contributed by atoms with Crippen LogP contribution in [-0.4, -0.2) is 34.3 Å². The van der Waals surface area contributed by atoms with Crippen LogP contribution in [0.4, 0.5) is 0 Å². The molecular weight excluding hydrogens is 248 g/mol. The van der Waals surface area contributed by atoms with Crippen LogP contribution in [0.15, 0.2) is 18.2 Å². The fourth-order valence-corrected chi connectivity index (χ4v) is 2.00. The lowest BCUT2D eigenvalue weighted by atomic mass is 10.2. The van der Waals surface area contributed by atoms with Crippen molar-refractivity contribution in [1.82, 2.24) is 9.97 Å². The molecule has 0 atom stereocenters. The molecule has 3 rings (SSSR count). The van der Waals surface area contributed by atoms with Gasteiger partial charge in [-0.15, -0.1) is 0 Å². The number of nitrogens with one attached hydrogen (secondary N) is 1. The Morgan fingerprint density at radius 3 is 2.74 bits per heavy atom. The molecule has 1 aromatic heterocycles. The summed E-state index contributed by atoms with van der Waals surface area (Å²) in [4.78, 5) is 18.0. The number of aromatic nitrogens is 2. The molecule has 1 aliphatic heterocycles. The number of hydrogen-bond donors (Lipinski definition) is 2. The molecule has 2 N–H and O–H groups in total. The van der Waals surface area contributed by atoms with Gasteiger partial charge in [0.05, 0.1) is 0 Å². The molecule has 19 heavy (non-hydrogen) atoms. The standard InChI is InChI=1S/C13H12N2O4/c1-7-11(13(16)17)15-12(14-7)8-2-3-9-10(6-8)19-5-4-18-9/h2-3,6H,4-5H2,1H3,(H,14,15)(H,16,17). The number of ether oxygens (including phenoxy) is 2. The Bertz CT molecular complexity index is 648. The molecule has 1 aliphatic rings. The number of aromatic amines is 1. The highest BCUT2D eigenvalue weighted by Gasteiger charge is 2.17. The number of carboxylic acids is 1. The number of aryl methyl sites for hydroxylation is 1. The van der Waals surface area contributed by atoms with E-state index in [1.807, 2.05) is 6.07 Å². The van der Waals surface area contributed by atoms with Gasteiger partial charge in [-0.25, -0.2) is 9.78 Å². The summed E-state index contributed by atoms with van der Waals surface area (Å²) in [5, 5.41) is 8.99. The number of fused-ring (bicyclic) bond motifs is 1. The predicted octanol–water partition coefficient (Wildman–Crippen LogP) is 1.85. The zero-order valence-electron chi connectivity index (χ0n) is 10.3. The number of rotatable bonds is 2. The summed E-state index contributed by atoms with van der Waals surface area (Å²) in [6.45, 7) is 2.72. The summed E-state index contributed by atoms with van der Waals surface area (Å²) in [5.74, 6) is 0.802. The van der Waals surface area contributed by atoms with Crippen molar-refractivity contribution in [2.75, 3.05) is 13.2 Å². The lowest BCUT2D eigenvalue weighted by Crippen LogP contribution is -2.15. The van der Waals surface area contributed by atoms with Crippen molar-refractivity contribution in [3.05, 3.63) is 29.6 Å². The van der Waals surface area contributed by atoms with E-state index in [9.17, 15) is 4.79 Å². The fourth-order valence-electron chi connectivity index (χ4n) is 2.00. The van der Waals surface area contributed by atoms with Crippen molar-refractivity contribution in [1.29, 1.82) is 0 Å². The topological polar surface area (TPSA) is 84.4 Å². The summed E-state index contributed by atoms with van der Waals surface area (Å²) in [7, 11) is 0. The third kappa shape index (κ3) is 2.01. The second-order valence-corrected chi connectivity index (χ2v) is 4.22. The molecule has 0 bridgehead atoms. The van der Waals surface area contributed by atoms with Crippen molar-refractivity contribution in [3.63, 3.8) is 0 Å². The normalized spacial score (nSPS) is 13.3. The van der Waals surface area contributed by atoms with Crippen LogP contribution in [0.3, 0.4) is 0 Å². The second kappa shape index (κ2) is 4.31. The first kappa shape index (κ1) is 11.6. The first-order valence-electron chi connectivity index (χ1n) is 5.85. The largest absolute Gasteiger partial charge is 0.486 e. The molecule has 6 heteroatoms. The molecule has 0 saturated carbocycles. The zero-order chi connectivity index (χ0) is 13.4. The number of hydrogen-bond acceptors (Lipinski definition) is 4. The third-order valence-electron chi connectivity index (χ3n) is 2.90. The predicted molar refractivity (Wildman–Crippen MR) is 66.7 cm³/mol. The van der Waals surface area contributed by atoms with Gasteiger partial charge in [0, 0.05) is 11.3 Å². The van der Waals surface area contributed by atoms with Crippen molar-refractivity contribution < 1.29 is 19.4 Å². The van der Waals surface area contributed by atoms with Crippen LogP contribution in [0, 0.1) is 6.92 Å². The van der Waals surface area contributed by atoms with E-state index in [1.54, 1.807) is 19.1 Å². The quantitative estimate of drug-likeness (QED) is 0.860. The number of imidazole rings is 1. The molecule has 0 amide bonds. The van der Waals surface area contributed by atoms with E-state index in [1.165, 1.54) is 0 Å². The summed E-state index contributed by atoms with van der Waals surface area (Å²) in [6.07, 6.45) is 0. The summed E-state index contributed by atoms with van der Waals surface area (Å²) in [5.41, 5.74) is 1.32. The van der Waals surface area contributed by atoms with E-state index >= 15 is 0 Å². The van der Waals surface area contributed by atoms with Crippen LogP contribution < -0.4 is 9.47 Å². The fraction of sp³-hybridized carbons (Fsp3) is 0.231. The SMILES string of the molecule is Cc1[nH]c(-c2ccc3c(c2)OCCO3)nc1C(=O)O. The molecule has 2 aromatic rings. The van der Waals surface area contributed by atoms with Gasteiger partial charge in [0.25, 0.3) is 0 Å². The molecule has 0 spiro atoms. The molecular formula is C13H12N2O4. The van der Waals surface area contributed by atoms with Gasteiger partial charge in [-0.1, -0.05) is 0 Å². The van der Waals surface area contributed by atoms with Gasteiger partial charge >= 0.3 is 5.97 Å². The number of carbonyl (C=O) groups is 1. The van der Waals surface area contributed by atoms with Crippen LogP contribution in [-0.2, 0) is 0 Å². The van der Waals surface area contributed by atoms with Crippen LogP contribution in [0.1, 0.15) is 16.2 Å². The van der Waals surface area contributed by atoms with E-state index in [0.29, 0.717) is 36.2 Å². The van der Waals surface area contributed by atoms with Gasteiger partial charge in [-0.05, 0) is 25.1 Å². The van der Waals surface area contributed by atoms with Gasteiger partial charge in [0.2, 0.25) is 0 Å². The van der Waals surface area contributed by atoms with Gasteiger partial charge in [-0.3, -0.25) is 0 Å². The number of carboxylic acid groups (broad SMARTS) is 1. The van der Waals surface area contributed by atoms with E-state index < -0.39 is 5.97 Å². The molecule has 2 heterocycles. The maximum absolute atomic E-state index is 11.0. The Balaban J connectivity index is 2.02. The summed E-state index contributed by atoms with van der Waals surface area (Å²) in [6, 6.07) is 5.40. The van der Waals surface area contributed by atoms with Crippen LogP contribution in [0.25, 0.3) is 11.4 Å².